The molecule has 1 rings (SSSR count). The van der Waals surface area contributed by atoms with Crippen LogP contribution in [0.15, 0.2) is 35.2 Å². The maximum Gasteiger partial charge on any atom is 0.332 e. The van der Waals surface area contributed by atoms with Gasteiger partial charge in [0.25, 0.3) is 0 Å². The summed E-state index contributed by atoms with van der Waals surface area (Å²) in [6.45, 7) is 1.99. The molecule has 0 fully saturated rings. The molecule has 3 nitrogen and oxygen atoms in total. The van der Waals surface area contributed by atoms with Gasteiger partial charge in [-0.25, -0.2) is 4.79 Å². The number of rotatable bonds is 6. The summed E-state index contributed by atoms with van der Waals surface area (Å²) in [5.41, 5.74) is 0. The lowest BCUT2D eigenvalue weighted by Gasteiger charge is -2.07. The molecule has 0 aliphatic heterocycles. The second-order valence-electron chi connectivity index (χ2n) is 3.01. The third-order valence-electron chi connectivity index (χ3n) is 1.81. The topological polar surface area (TPSA) is 46.5 Å². The van der Waals surface area contributed by atoms with Crippen LogP contribution in [-0.4, -0.2) is 29.5 Å². The van der Waals surface area contributed by atoms with Gasteiger partial charge in [-0.1, -0.05) is 18.2 Å². The number of carboxylic acids is 1. The fraction of sp³-hybridized carbons (Fsp3) is 0.364. The third kappa shape index (κ3) is 4.85. The number of ether oxygens (including phenoxy) is 1. The summed E-state index contributed by atoms with van der Waals surface area (Å²) in [7, 11) is 0. The SMILES string of the molecule is C[C@@H](OCCSc1ccccc1)C(=O)O. The molecular formula is C11H14O3S. The molecule has 0 bridgehead atoms. The summed E-state index contributed by atoms with van der Waals surface area (Å²) in [5.74, 6) is -0.151. The number of hydrogen-bond acceptors (Lipinski definition) is 3. The van der Waals surface area contributed by atoms with E-state index >= 15 is 0 Å². The molecule has 1 aromatic carbocycles. The molecule has 0 saturated carbocycles. The number of hydrogen-bond donors (Lipinski definition) is 1. The minimum Gasteiger partial charge on any atom is -0.479 e. The van der Waals surface area contributed by atoms with Crippen LogP contribution in [0.25, 0.3) is 0 Å². The molecule has 0 saturated heterocycles. The van der Waals surface area contributed by atoms with Crippen LogP contribution in [0.4, 0.5) is 0 Å². The van der Waals surface area contributed by atoms with E-state index < -0.39 is 12.1 Å². The quantitative estimate of drug-likeness (QED) is 0.597. The van der Waals surface area contributed by atoms with Crippen LogP contribution in [-0.2, 0) is 9.53 Å². The molecule has 0 unspecified atom stereocenters. The Labute approximate surface area is 93.4 Å². The predicted octanol–water partition coefficient (Wildman–Crippen LogP) is 2.27. The summed E-state index contributed by atoms with van der Waals surface area (Å²) < 4.78 is 5.10. The first-order valence-corrected chi connectivity index (χ1v) is 5.71. The van der Waals surface area contributed by atoms with Crippen molar-refractivity contribution < 1.29 is 14.6 Å². The Morgan fingerprint density at radius 3 is 2.73 bits per heavy atom. The van der Waals surface area contributed by atoms with Crippen molar-refractivity contribution in [1.82, 2.24) is 0 Å². The summed E-state index contributed by atoms with van der Waals surface area (Å²) in [6.07, 6.45) is -0.721. The zero-order chi connectivity index (χ0) is 11.1. The van der Waals surface area contributed by atoms with Gasteiger partial charge in [-0.2, -0.15) is 0 Å². The van der Waals surface area contributed by atoms with Crippen molar-refractivity contribution in [2.45, 2.75) is 17.9 Å². The predicted molar refractivity (Wildman–Crippen MR) is 60.2 cm³/mol. The Hall–Kier alpha value is -1.00. The summed E-state index contributed by atoms with van der Waals surface area (Å²) in [4.78, 5) is 11.6. The third-order valence-corrected chi connectivity index (χ3v) is 2.79. The average Bonchev–Trinajstić information content (AvgIpc) is 2.25. The first-order chi connectivity index (χ1) is 7.20. The number of aliphatic carboxylic acids is 1. The van der Waals surface area contributed by atoms with Crippen molar-refractivity contribution in [3.8, 4) is 0 Å². The van der Waals surface area contributed by atoms with E-state index in [0.29, 0.717) is 6.61 Å². The van der Waals surface area contributed by atoms with Gasteiger partial charge >= 0.3 is 5.97 Å². The van der Waals surface area contributed by atoms with Crippen LogP contribution in [0.2, 0.25) is 0 Å². The van der Waals surface area contributed by atoms with Crippen LogP contribution in [0, 0.1) is 0 Å². The minimum atomic E-state index is -0.917. The molecule has 1 atom stereocenters. The Morgan fingerprint density at radius 1 is 1.47 bits per heavy atom. The van der Waals surface area contributed by atoms with E-state index in [2.05, 4.69) is 0 Å². The Bertz CT molecular complexity index is 300. The molecule has 1 aromatic rings. The molecule has 0 aliphatic carbocycles. The Kier molecular flexibility index (Phi) is 5.21. The van der Waals surface area contributed by atoms with Crippen LogP contribution in [0.1, 0.15) is 6.92 Å². The van der Waals surface area contributed by atoms with Crippen LogP contribution in [0.5, 0.6) is 0 Å². The van der Waals surface area contributed by atoms with E-state index in [1.165, 1.54) is 11.8 Å². The summed E-state index contributed by atoms with van der Waals surface area (Å²) in [5, 5.41) is 8.57. The maximum absolute atomic E-state index is 10.4. The molecule has 0 aliphatic rings. The largest absolute Gasteiger partial charge is 0.479 e. The molecule has 0 amide bonds. The lowest BCUT2D eigenvalue weighted by atomic mass is 10.4. The van der Waals surface area contributed by atoms with Gasteiger partial charge in [-0.3, -0.25) is 0 Å². The number of thioether (sulfide) groups is 1. The molecule has 0 aromatic heterocycles. The van der Waals surface area contributed by atoms with Crippen LogP contribution < -0.4 is 0 Å². The highest BCUT2D eigenvalue weighted by Gasteiger charge is 2.09. The van der Waals surface area contributed by atoms with Crippen molar-refractivity contribution in [2.24, 2.45) is 0 Å². The van der Waals surface area contributed by atoms with Crippen molar-refractivity contribution in [2.75, 3.05) is 12.4 Å². The minimum absolute atomic E-state index is 0.451. The molecule has 15 heavy (non-hydrogen) atoms. The van der Waals surface area contributed by atoms with Crippen LogP contribution >= 0.6 is 11.8 Å². The second-order valence-corrected chi connectivity index (χ2v) is 4.18. The standard InChI is InChI=1S/C11H14O3S/c1-9(11(12)13)14-7-8-15-10-5-3-2-4-6-10/h2-6,9H,7-8H2,1H3,(H,12,13)/t9-/m1/s1. The van der Waals surface area contributed by atoms with Gasteiger partial charge in [-0.15, -0.1) is 11.8 Å². The Balaban J connectivity index is 2.15. The molecule has 1 N–H and O–H groups in total. The average molecular weight is 226 g/mol. The van der Waals surface area contributed by atoms with Gasteiger partial charge in [-0.05, 0) is 19.1 Å². The van der Waals surface area contributed by atoms with Crippen molar-refractivity contribution in [3.05, 3.63) is 30.3 Å². The van der Waals surface area contributed by atoms with Crippen molar-refractivity contribution >= 4 is 17.7 Å². The van der Waals surface area contributed by atoms with Gasteiger partial charge in [0, 0.05) is 10.6 Å². The van der Waals surface area contributed by atoms with Gasteiger partial charge in [0.05, 0.1) is 6.61 Å². The van der Waals surface area contributed by atoms with E-state index in [1.54, 1.807) is 11.8 Å². The normalized spacial score (nSPS) is 12.3. The number of carbonyl (C=O) groups is 1. The van der Waals surface area contributed by atoms with Gasteiger partial charge in [0.2, 0.25) is 0 Å². The maximum atomic E-state index is 10.4. The molecule has 4 heteroatoms. The highest BCUT2D eigenvalue weighted by molar-refractivity contribution is 7.99. The summed E-state index contributed by atoms with van der Waals surface area (Å²) >= 11 is 1.66. The number of benzene rings is 1. The lowest BCUT2D eigenvalue weighted by molar-refractivity contribution is -0.148. The van der Waals surface area contributed by atoms with E-state index in [4.69, 9.17) is 9.84 Å². The Morgan fingerprint density at radius 2 is 2.13 bits per heavy atom. The fourth-order valence-corrected chi connectivity index (χ4v) is 1.74. The smallest absolute Gasteiger partial charge is 0.332 e. The highest BCUT2D eigenvalue weighted by Crippen LogP contribution is 2.16. The lowest BCUT2D eigenvalue weighted by Crippen LogP contribution is -2.20. The van der Waals surface area contributed by atoms with E-state index in [0.717, 1.165) is 5.75 Å². The monoisotopic (exact) mass is 226 g/mol. The molecule has 82 valence electrons. The summed E-state index contributed by atoms with van der Waals surface area (Å²) in [6, 6.07) is 9.95. The highest BCUT2D eigenvalue weighted by atomic mass is 32.2. The van der Waals surface area contributed by atoms with Gasteiger partial charge < -0.3 is 9.84 Å². The van der Waals surface area contributed by atoms with Crippen molar-refractivity contribution in [3.63, 3.8) is 0 Å². The zero-order valence-electron chi connectivity index (χ0n) is 8.55. The van der Waals surface area contributed by atoms with Gasteiger partial charge in [0.15, 0.2) is 6.10 Å². The molecule has 0 heterocycles. The zero-order valence-corrected chi connectivity index (χ0v) is 9.37. The number of carboxylic acid groups (broad SMARTS) is 1. The van der Waals surface area contributed by atoms with E-state index in [1.807, 2.05) is 30.3 Å². The fourth-order valence-electron chi connectivity index (χ4n) is 0.972. The first-order valence-electron chi connectivity index (χ1n) is 4.72. The first kappa shape index (κ1) is 12.1. The van der Waals surface area contributed by atoms with E-state index in [9.17, 15) is 4.79 Å². The van der Waals surface area contributed by atoms with E-state index in [-0.39, 0.29) is 0 Å². The molecule has 0 spiro atoms. The molecular weight excluding hydrogens is 212 g/mol. The second kappa shape index (κ2) is 6.48. The molecule has 0 radical (unpaired) electrons. The van der Waals surface area contributed by atoms with Crippen LogP contribution in [0.3, 0.4) is 0 Å². The van der Waals surface area contributed by atoms with Crippen molar-refractivity contribution in [1.29, 1.82) is 0 Å². The van der Waals surface area contributed by atoms with Gasteiger partial charge in [0.1, 0.15) is 0 Å².